The number of benzene rings is 1. The van der Waals surface area contributed by atoms with E-state index in [9.17, 15) is 9.46 Å². The smallest absolute Gasteiger partial charge is 0.268 e. The first kappa shape index (κ1) is 34.0. The number of phosphoric ester groups is 1. The van der Waals surface area contributed by atoms with Gasteiger partial charge in [0, 0.05) is 3.57 Å². The number of quaternary nitrogens is 1. The molecule has 7 heteroatoms. The lowest BCUT2D eigenvalue weighted by atomic mass is 10.0. The molecule has 0 N–H and O–H groups in total. The average molecular weight is 638 g/mol. The molecule has 1 aromatic carbocycles. The Morgan fingerprint density at radius 3 is 1.50 bits per heavy atom. The predicted molar refractivity (Wildman–Crippen MR) is 159 cm³/mol. The van der Waals surface area contributed by atoms with E-state index in [1.54, 1.807) is 0 Å². The fourth-order valence-electron chi connectivity index (χ4n) is 4.20. The van der Waals surface area contributed by atoms with E-state index < -0.39 is 7.82 Å². The largest absolute Gasteiger partial charge is 0.756 e. The van der Waals surface area contributed by atoms with Crippen LogP contribution in [0.15, 0.2) is 24.3 Å². The molecule has 0 fully saturated rings. The Morgan fingerprint density at radius 2 is 1.06 bits per heavy atom. The van der Waals surface area contributed by atoms with Crippen LogP contribution in [0.25, 0.3) is 0 Å². The summed E-state index contributed by atoms with van der Waals surface area (Å²) < 4.78 is 23.6. The van der Waals surface area contributed by atoms with Gasteiger partial charge in [-0.15, -0.1) is 0 Å². The summed E-state index contributed by atoms with van der Waals surface area (Å²) in [4.78, 5) is 11.7. The van der Waals surface area contributed by atoms with Gasteiger partial charge in [0.2, 0.25) is 0 Å². The van der Waals surface area contributed by atoms with Crippen molar-refractivity contribution in [2.45, 2.75) is 109 Å². The highest BCUT2D eigenvalue weighted by Gasteiger charge is 2.12. The predicted octanol–water partition coefficient (Wildman–Crippen LogP) is 8.28. The summed E-state index contributed by atoms with van der Waals surface area (Å²) in [6, 6.07) is 8.95. The van der Waals surface area contributed by atoms with Crippen LogP contribution in [0.3, 0.4) is 0 Å². The number of nitrogens with zero attached hydrogens (tertiary/aromatic N) is 1. The molecule has 0 saturated carbocycles. The van der Waals surface area contributed by atoms with Crippen LogP contribution >= 0.6 is 30.4 Å². The van der Waals surface area contributed by atoms with Crippen LogP contribution in [0.5, 0.6) is 0 Å². The van der Waals surface area contributed by atoms with Crippen LogP contribution < -0.4 is 4.89 Å². The Morgan fingerprint density at radius 1 is 0.667 bits per heavy atom. The highest BCUT2D eigenvalue weighted by atomic mass is 127. The number of likely N-dealkylation sites (N-methyl/N-ethyl adjacent to an activating group) is 1. The molecule has 5 nitrogen and oxygen atoms in total. The number of phosphoric acid groups is 1. The monoisotopic (exact) mass is 637 g/mol. The summed E-state index contributed by atoms with van der Waals surface area (Å²) in [5, 5.41) is 0. The maximum atomic E-state index is 11.7. The zero-order chi connectivity index (χ0) is 26.5. The molecule has 0 aliphatic rings. The molecule has 0 amide bonds. The lowest BCUT2D eigenvalue weighted by molar-refractivity contribution is -0.870. The minimum Gasteiger partial charge on any atom is -0.756 e. The van der Waals surface area contributed by atoms with Gasteiger partial charge in [0.1, 0.15) is 13.2 Å². The Bertz CT molecular complexity index is 694. The van der Waals surface area contributed by atoms with E-state index in [0.29, 0.717) is 11.0 Å². The third kappa shape index (κ3) is 22.0. The summed E-state index contributed by atoms with van der Waals surface area (Å²) in [7, 11) is 1.85. The summed E-state index contributed by atoms with van der Waals surface area (Å²) in [6.45, 7) is 1.03. The molecule has 0 saturated heterocycles. The van der Waals surface area contributed by atoms with Crippen molar-refractivity contribution < 1.29 is 23.0 Å². The van der Waals surface area contributed by atoms with Crippen molar-refractivity contribution in [3.05, 3.63) is 33.4 Å². The topological polar surface area (TPSA) is 58.6 Å². The van der Waals surface area contributed by atoms with Crippen molar-refractivity contribution in [1.29, 1.82) is 0 Å². The normalized spacial score (nSPS) is 13.7. The van der Waals surface area contributed by atoms with Crippen molar-refractivity contribution in [1.82, 2.24) is 0 Å². The second-order valence-electron chi connectivity index (χ2n) is 11.2. The number of unbranched alkanes of at least 4 members (excludes halogenated alkanes) is 15. The van der Waals surface area contributed by atoms with Crippen LogP contribution in [0.4, 0.5) is 0 Å². The van der Waals surface area contributed by atoms with Crippen LogP contribution in [-0.2, 0) is 20.0 Å². The zero-order valence-electron chi connectivity index (χ0n) is 23.4. The van der Waals surface area contributed by atoms with Gasteiger partial charge in [-0.1, -0.05) is 102 Å². The van der Waals surface area contributed by atoms with E-state index >= 15 is 0 Å². The highest BCUT2D eigenvalue weighted by molar-refractivity contribution is 14.1. The SMILES string of the molecule is C[N+](C)(C)CCOP(=O)([O-])OCCCCCCCCCCCCCCCCCCc1ccc(I)cc1. The fraction of sp³-hybridized carbons (Fsp3) is 0.793. The Labute approximate surface area is 236 Å². The van der Waals surface area contributed by atoms with E-state index in [1.807, 2.05) is 21.1 Å². The first-order chi connectivity index (χ1) is 17.2. The van der Waals surface area contributed by atoms with Crippen LogP contribution in [0.2, 0.25) is 0 Å². The van der Waals surface area contributed by atoms with Crippen molar-refractivity contribution in [3.63, 3.8) is 0 Å². The number of aryl methyl sites for hydroxylation is 1. The summed E-state index contributed by atoms with van der Waals surface area (Å²) in [6.07, 6.45) is 21.8. The van der Waals surface area contributed by atoms with Gasteiger partial charge in [-0.25, -0.2) is 0 Å². The highest BCUT2D eigenvalue weighted by Crippen LogP contribution is 2.38. The number of halogens is 1. The van der Waals surface area contributed by atoms with Crippen molar-refractivity contribution in [2.24, 2.45) is 0 Å². The molecule has 36 heavy (non-hydrogen) atoms. The second kappa shape index (κ2) is 20.9. The first-order valence-corrected chi connectivity index (χ1v) is 16.9. The van der Waals surface area contributed by atoms with Gasteiger partial charge in [-0.2, -0.15) is 0 Å². The molecule has 1 unspecified atom stereocenters. The number of rotatable bonds is 24. The van der Waals surface area contributed by atoms with Gasteiger partial charge >= 0.3 is 0 Å². The second-order valence-corrected chi connectivity index (χ2v) is 13.8. The lowest BCUT2D eigenvalue weighted by Crippen LogP contribution is -2.37. The standard InChI is InChI=1S/C29H53INO4P/c1-31(2,3)25-27-35-36(32,33)34-26-19-17-15-13-11-9-7-5-4-6-8-10-12-14-16-18-20-28-21-23-29(30)24-22-28/h21-24H,4-20,25-27H2,1-3H3. The summed E-state index contributed by atoms with van der Waals surface area (Å²) >= 11 is 2.37. The first-order valence-electron chi connectivity index (χ1n) is 14.3. The third-order valence-electron chi connectivity index (χ3n) is 6.53. The van der Waals surface area contributed by atoms with E-state index in [1.165, 1.54) is 99.0 Å². The van der Waals surface area contributed by atoms with Crippen LogP contribution in [-0.4, -0.2) is 45.4 Å². The molecule has 210 valence electrons. The van der Waals surface area contributed by atoms with Crippen LogP contribution in [0, 0.1) is 3.57 Å². The molecule has 0 bridgehead atoms. The Kier molecular flexibility index (Phi) is 19.8. The molecule has 1 rings (SSSR count). The zero-order valence-corrected chi connectivity index (χ0v) is 26.4. The summed E-state index contributed by atoms with van der Waals surface area (Å²) in [5.41, 5.74) is 1.48. The Hall–Kier alpha value is 0.0200. The molecule has 1 atom stereocenters. The van der Waals surface area contributed by atoms with Crippen molar-refractivity contribution in [2.75, 3.05) is 40.9 Å². The average Bonchev–Trinajstić information content (AvgIpc) is 2.80. The minimum absolute atomic E-state index is 0.166. The molecule has 0 aliphatic carbocycles. The van der Waals surface area contributed by atoms with Gasteiger partial charge < -0.3 is 18.4 Å². The maximum Gasteiger partial charge on any atom is 0.268 e. The van der Waals surface area contributed by atoms with Gasteiger partial charge in [0.25, 0.3) is 7.82 Å². The molecule has 1 aromatic rings. The number of hydrogen-bond donors (Lipinski definition) is 0. The molecular formula is C29H53INO4P. The summed E-state index contributed by atoms with van der Waals surface area (Å²) in [5.74, 6) is 0. The maximum absolute atomic E-state index is 11.7. The van der Waals surface area contributed by atoms with Gasteiger partial charge in [0.05, 0.1) is 27.7 Å². The van der Waals surface area contributed by atoms with E-state index in [2.05, 4.69) is 46.9 Å². The van der Waals surface area contributed by atoms with Crippen molar-refractivity contribution in [3.8, 4) is 0 Å². The van der Waals surface area contributed by atoms with Gasteiger partial charge in [-0.05, 0) is 59.5 Å². The van der Waals surface area contributed by atoms with Gasteiger partial charge in [0.15, 0.2) is 0 Å². The number of hydrogen-bond acceptors (Lipinski definition) is 4. The molecule has 0 aliphatic heterocycles. The molecular weight excluding hydrogens is 584 g/mol. The van der Waals surface area contributed by atoms with Crippen LogP contribution in [0.1, 0.15) is 108 Å². The van der Waals surface area contributed by atoms with E-state index in [-0.39, 0.29) is 13.2 Å². The molecule has 0 radical (unpaired) electrons. The van der Waals surface area contributed by atoms with E-state index in [0.717, 1.165) is 19.3 Å². The van der Waals surface area contributed by atoms with Gasteiger partial charge in [-0.3, -0.25) is 4.57 Å². The molecule has 0 spiro atoms. The molecule has 0 aromatic heterocycles. The fourth-order valence-corrected chi connectivity index (χ4v) is 5.29. The minimum atomic E-state index is -4.14. The molecule has 0 heterocycles. The van der Waals surface area contributed by atoms with Crippen molar-refractivity contribution >= 4 is 30.4 Å². The third-order valence-corrected chi connectivity index (χ3v) is 8.25. The lowest BCUT2D eigenvalue weighted by Gasteiger charge is -2.27. The quantitative estimate of drug-likeness (QED) is 0.0496. The van der Waals surface area contributed by atoms with E-state index in [4.69, 9.17) is 9.05 Å². The Balaban J connectivity index is 1.76.